The van der Waals surface area contributed by atoms with Crippen LogP contribution in [0.4, 0.5) is 15.1 Å². The lowest BCUT2D eigenvalue weighted by Crippen LogP contribution is -2.50. The molecule has 4 aromatic rings. The van der Waals surface area contributed by atoms with E-state index in [4.69, 9.17) is 0 Å². The minimum absolute atomic E-state index is 0.202. The van der Waals surface area contributed by atoms with Crippen LogP contribution in [0, 0.1) is 12.7 Å². The highest BCUT2D eigenvalue weighted by Crippen LogP contribution is 2.25. The maximum atomic E-state index is 14.4. The summed E-state index contributed by atoms with van der Waals surface area (Å²) in [5.74, 6) is -0.556. The molecule has 3 aromatic carbocycles. The molecule has 1 aromatic heterocycles. The molecule has 0 bridgehead atoms. The lowest BCUT2D eigenvalue weighted by Gasteiger charge is -2.28. The molecule has 38 heavy (non-hydrogen) atoms. The van der Waals surface area contributed by atoms with Crippen molar-refractivity contribution in [3.05, 3.63) is 102 Å². The molecule has 0 aliphatic carbocycles. The van der Waals surface area contributed by atoms with Crippen LogP contribution in [0.1, 0.15) is 31.9 Å². The number of imidazole rings is 1. The maximum absolute atomic E-state index is 14.4. The predicted octanol–water partition coefficient (Wildman–Crippen LogP) is 5.94. The zero-order valence-electron chi connectivity index (χ0n) is 22.0. The van der Waals surface area contributed by atoms with Gasteiger partial charge in [-0.05, 0) is 51.0 Å². The highest BCUT2D eigenvalue weighted by Gasteiger charge is 2.23. The molecule has 7 nitrogen and oxygen atoms in total. The van der Waals surface area contributed by atoms with E-state index in [1.165, 1.54) is 11.0 Å². The Balaban J connectivity index is 1.62. The standard InChI is InChI=1S/C30H32FN5O2/c1-21-15-16-24(17-25(21)31)36-19-26(23-13-9-6-10-14-23)32-28(36)33-27(37)20-35(29(38)34-30(2,3)4)18-22-11-7-5-8-12-22/h5-17,19H,18,20H2,1-4H3,(H,34,38)(H,32,33,37). The van der Waals surface area contributed by atoms with Crippen molar-refractivity contribution in [1.29, 1.82) is 0 Å². The van der Waals surface area contributed by atoms with Crippen LogP contribution in [0.25, 0.3) is 16.9 Å². The van der Waals surface area contributed by atoms with Gasteiger partial charge in [0.05, 0.1) is 11.4 Å². The summed E-state index contributed by atoms with van der Waals surface area (Å²) in [6.45, 7) is 7.39. The Bertz CT molecular complexity index is 1410. The van der Waals surface area contributed by atoms with E-state index >= 15 is 0 Å². The number of hydrogen-bond donors (Lipinski definition) is 2. The van der Waals surface area contributed by atoms with Gasteiger partial charge in [-0.15, -0.1) is 0 Å². The van der Waals surface area contributed by atoms with Crippen molar-refractivity contribution in [1.82, 2.24) is 19.8 Å². The lowest BCUT2D eigenvalue weighted by molar-refractivity contribution is -0.117. The average molecular weight is 514 g/mol. The summed E-state index contributed by atoms with van der Waals surface area (Å²) in [7, 11) is 0. The van der Waals surface area contributed by atoms with Gasteiger partial charge in [0.1, 0.15) is 12.4 Å². The van der Waals surface area contributed by atoms with Gasteiger partial charge in [0.15, 0.2) is 0 Å². The second-order valence-electron chi connectivity index (χ2n) is 10.2. The Morgan fingerprint density at radius 3 is 2.26 bits per heavy atom. The van der Waals surface area contributed by atoms with Crippen molar-refractivity contribution in [2.45, 2.75) is 39.8 Å². The molecule has 0 radical (unpaired) electrons. The quantitative estimate of drug-likeness (QED) is 0.321. The normalized spacial score (nSPS) is 11.2. The number of rotatable bonds is 7. The summed E-state index contributed by atoms with van der Waals surface area (Å²) < 4.78 is 16.1. The largest absolute Gasteiger partial charge is 0.333 e. The first kappa shape index (κ1) is 26.6. The van der Waals surface area contributed by atoms with E-state index < -0.39 is 11.4 Å². The second kappa shape index (κ2) is 11.3. The molecule has 0 saturated heterocycles. The number of aromatic nitrogens is 2. The fraction of sp³-hybridized carbons (Fsp3) is 0.233. The van der Waals surface area contributed by atoms with Gasteiger partial charge in [0.2, 0.25) is 11.9 Å². The summed E-state index contributed by atoms with van der Waals surface area (Å²) in [5, 5.41) is 5.76. The Hall–Kier alpha value is -4.46. The highest BCUT2D eigenvalue weighted by atomic mass is 19.1. The molecule has 3 amide bonds. The van der Waals surface area contributed by atoms with Gasteiger partial charge in [-0.3, -0.25) is 14.7 Å². The third-order valence-corrected chi connectivity index (χ3v) is 5.78. The molecule has 0 spiro atoms. The Kier molecular flexibility index (Phi) is 7.90. The first-order chi connectivity index (χ1) is 18.1. The van der Waals surface area contributed by atoms with Crippen molar-refractivity contribution in [3.8, 4) is 16.9 Å². The van der Waals surface area contributed by atoms with Gasteiger partial charge in [-0.25, -0.2) is 14.2 Å². The third-order valence-electron chi connectivity index (χ3n) is 5.78. The molecule has 0 saturated carbocycles. The maximum Gasteiger partial charge on any atom is 0.318 e. The second-order valence-corrected chi connectivity index (χ2v) is 10.2. The van der Waals surface area contributed by atoms with E-state index in [1.54, 1.807) is 29.8 Å². The summed E-state index contributed by atoms with van der Waals surface area (Å²) in [4.78, 5) is 32.4. The topological polar surface area (TPSA) is 79.3 Å². The minimum Gasteiger partial charge on any atom is -0.333 e. The van der Waals surface area contributed by atoms with Crippen LogP contribution in [0.2, 0.25) is 0 Å². The van der Waals surface area contributed by atoms with Crippen molar-refractivity contribution in [2.24, 2.45) is 0 Å². The average Bonchev–Trinajstić information content (AvgIpc) is 3.29. The van der Waals surface area contributed by atoms with E-state index in [0.717, 1.165) is 11.1 Å². The molecule has 0 fully saturated rings. The molecule has 4 rings (SSSR count). The van der Waals surface area contributed by atoms with Crippen LogP contribution >= 0.6 is 0 Å². The van der Waals surface area contributed by atoms with E-state index in [-0.39, 0.29) is 30.9 Å². The zero-order valence-corrected chi connectivity index (χ0v) is 22.0. The lowest BCUT2D eigenvalue weighted by atomic mass is 10.1. The molecule has 8 heteroatoms. The van der Waals surface area contributed by atoms with E-state index in [2.05, 4.69) is 15.6 Å². The summed E-state index contributed by atoms with van der Waals surface area (Å²) in [6.07, 6.45) is 1.75. The molecular weight excluding hydrogens is 481 g/mol. The van der Waals surface area contributed by atoms with E-state index in [1.807, 2.05) is 81.4 Å². The SMILES string of the molecule is Cc1ccc(-n2cc(-c3ccccc3)nc2NC(=O)CN(Cc2ccccc2)C(=O)NC(C)(C)C)cc1F. The van der Waals surface area contributed by atoms with Gasteiger partial charge < -0.3 is 10.2 Å². The summed E-state index contributed by atoms with van der Waals surface area (Å²) >= 11 is 0. The number of hydrogen-bond acceptors (Lipinski definition) is 3. The minimum atomic E-state index is -0.473. The molecule has 196 valence electrons. The third kappa shape index (κ3) is 6.85. The number of nitrogens with one attached hydrogen (secondary N) is 2. The number of halogens is 1. The van der Waals surface area contributed by atoms with Crippen LogP contribution < -0.4 is 10.6 Å². The van der Waals surface area contributed by atoms with Crippen molar-refractivity contribution < 1.29 is 14.0 Å². The van der Waals surface area contributed by atoms with Gasteiger partial charge in [-0.2, -0.15) is 0 Å². The first-order valence-electron chi connectivity index (χ1n) is 12.4. The number of carbonyl (C=O) groups is 2. The number of benzene rings is 3. The molecule has 1 heterocycles. The molecule has 0 unspecified atom stereocenters. The fourth-order valence-electron chi connectivity index (χ4n) is 3.89. The summed E-state index contributed by atoms with van der Waals surface area (Å²) in [6, 6.07) is 23.5. The number of anilines is 1. The first-order valence-corrected chi connectivity index (χ1v) is 12.4. The van der Waals surface area contributed by atoms with Crippen molar-refractivity contribution >= 4 is 17.9 Å². The van der Waals surface area contributed by atoms with Gasteiger partial charge in [0.25, 0.3) is 0 Å². The van der Waals surface area contributed by atoms with Crippen molar-refractivity contribution in [3.63, 3.8) is 0 Å². The Labute approximate surface area is 222 Å². The Morgan fingerprint density at radius 2 is 1.63 bits per heavy atom. The fourth-order valence-corrected chi connectivity index (χ4v) is 3.89. The van der Waals surface area contributed by atoms with Crippen LogP contribution in [-0.2, 0) is 11.3 Å². The Morgan fingerprint density at radius 1 is 0.974 bits per heavy atom. The molecule has 2 N–H and O–H groups in total. The van der Waals surface area contributed by atoms with Crippen molar-refractivity contribution in [2.75, 3.05) is 11.9 Å². The molecule has 0 aliphatic rings. The van der Waals surface area contributed by atoms with Crippen LogP contribution in [0.3, 0.4) is 0 Å². The predicted molar refractivity (Wildman–Crippen MR) is 147 cm³/mol. The van der Waals surface area contributed by atoms with Crippen LogP contribution in [-0.4, -0.2) is 38.5 Å². The summed E-state index contributed by atoms with van der Waals surface area (Å²) in [5.41, 5.74) is 2.93. The number of amides is 3. The highest BCUT2D eigenvalue weighted by molar-refractivity contribution is 5.93. The smallest absolute Gasteiger partial charge is 0.318 e. The van der Waals surface area contributed by atoms with Gasteiger partial charge >= 0.3 is 6.03 Å². The number of nitrogens with zero attached hydrogens (tertiary/aromatic N) is 3. The van der Waals surface area contributed by atoms with Gasteiger partial charge in [0, 0.05) is 23.8 Å². The zero-order chi connectivity index (χ0) is 27.3. The number of urea groups is 1. The number of carbonyl (C=O) groups excluding carboxylic acids is 2. The van der Waals surface area contributed by atoms with Crippen LogP contribution in [0.15, 0.2) is 85.1 Å². The molecule has 0 atom stereocenters. The van der Waals surface area contributed by atoms with E-state index in [0.29, 0.717) is 16.9 Å². The molecular formula is C30H32FN5O2. The molecule has 0 aliphatic heterocycles. The van der Waals surface area contributed by atoms with Crippen LogP contribution in [0.5, 0.6) is 0 Å². The van der Waals surface area contributed by atoms with E-state index in [9.17, 15) is 14.0 Å². The monoisotopic (exact) mass is 513 g/mol. The number of aryl methyl sites for hydroxylation is 1. The van der Waals surface area contributed by atoms with Gasteiger partial charge in [-0.1, -0.05) is 66.7 Å².